The summed E-state index contributed by atoms with van der Waals surface area (Å²) in [5.74, 6) is -2.07. The smallest absolute Gasteiger partial charge is 0.406 e. The molecule has 6 nitrogen and oxygen atoms in total. The second kappa shape index (κ2) is 12.3. The summed E-state index contributed by atoms with van der Waals surface area (Å²) in [7, 11) is 0. The third-order valence-corrected chi connectivity index (χ3v) is 6.14. The number of halogens is 4. The van der Waals surface area contributed by atoms with Crippen molar-refractivity contribution in [2.45, 2.75) is 50.0 Å². The molecule has 1 atom stereocenters. The van der Waals surface area contributed by atoms with E-state index in [1.165, 1.54) is 36.2 Å². The van der Waals surface area contributed by atoms with Crippen LogP contribution in [0.4, 0.5) is 23.2 Å². The van der Waals surface area contributed by atoms with Crippen LogP contribution in [0.1, 0.15) is 36.7 Å². The molecule has 0 aliphatic heterocycles. The second-order valence-corrected chi connectivity index (χ2v) is 10.3. The summed E-state index contributed by atoms with van der Waals surface area (Å²) in [6.07, 6.45) is -4.85. The Balaban J connectivity index is 1.74. The van der Waals surface area contributed by atoms with E-state index in [0.29, 0.717) is 11.3 Å². The molecule has 3 aromatic rings. The highest BCUT2D eigenvalue weighted by Gasteiger charge is 2.31. The van der Waals surface area contributed by atoms with Crippen LogP contribution in [0.15, 0.2) is 77.7 Å². The average molecular weight is 550 g/mol. The van der Waals surface area contributed by atoms with Crippen LogP contribution in [0.2, 0.25) is 0 Å². The summed E-state index contributed by atoms with van der Waals surface area (Å²) in [5, 5.41) is 5.38. The number of hydrogen-bond acceptors (Lipinski definition) is 5. The Bertz CT molecular complexity index is 1230. The Hall–Kier alpha value is -3.57. The molecule has 0 heterocycles. The molecule has 0 saturated heterocycles. The van der Waals surface area contributed by atoms with Crippen molar-refractivity contribution in [3.63, 3.8) is 0 Å². The quantitative estimate of drug-likeness (QED) is 0.222. The van der Waals surface area contributed by atoms with Crippen molar-refractivity contribution in [1.29, 1.82) is 0 Å². The zero-order chi connectivity index (χ0) is 27.9. The Morgan fingerprint density at radius 1 is 0.895 bits per heavy atom. The maximum Gasteiger partial charge on any atom is 0.573 e. The standard InChI is InChI=1S/C27H27F4N3O3S/c1-26(2,3)34-38-22-14-10-20(11-15-22)32-25(36)23(33-24(35)18-6-8-19(28)9-7-18)16-17-4-12-21(13-5-17)37-27(29,30)31/h4-15,23,34H,16H2,1-3H3,(H,32,36)(H,33,35)/t23-/m0/s1. The molecule has 3 N–H and O–H groups in total. The van der Waals surface area contributed by atoms with Crippen LogP contribution in [-0.2, 0) is 11.2 Å². The SMILES string of the molecule is CC(C)(C)NSc1ccc(NC(=O)[C@H](Cc2ccc(OC(F)(F)F)cc2)NC(=O)c2ccc(F)cc2)cc1. The highest BCUT2D eigenvalue weighted by molar-refractivity contribution is 7.97. The van der Waals surface area contributed by atoms with E-state index >= 15 is 0 Å². The molecule has 0 spiro atoms. The molecule has 0 aliphatic rings. The van der Waals surface area contributed by atoms with Gasteiger partial charge in [-0.25, -0.2) is 4.39 Å². The number of hydrogen-bond donors (Lipinski definition) is 3. The molecule has 0 aromatic heterocycles. The Morgan fingerprint density at radius 3 is 2.05 bits per heavy atom. The van der Waals surface area contributed by atoms with Crippen LogP contribution in [0.3, 0.4) is 0 Å². The largest absolute Gasteiger partial charge is 0.573 e. The van der Waals surface area contributed by atoms with Gasteiger partial charge in [0.1, 0.15) is 17.6 Å². The molecule has 0 unspecified atom stereocenters. The maximum atomic E-state index is 13.3. The Labute approximate surface area is 222 Å². The monoisotopic (exact) mass is 549 g/mol. The molecule has 0 fully saturated rings. The minimum Gasteiger partial charge on any atom is -0.406 e. The molecular weight excluding hydrogens is 522 g/mol. The Kier molecular flexibility index (Phi) is 9.40. The third kappa shape index (κ3) is 9.71. The van der Waals surface area contributed by atoms with Gasteiger partial charge < -0.3 is 15.4 Å². The Morgan fingerprint density at radius 2 is 1.50 bits per heavy atom. The number of anilines is 1. The van der Waals surface area contributed by atoms with Crippen molar-refractivity contribution < 1.29 is 31.9 Å². The topological polar surface area (TPSA) is 79.5 Å². The molecule has 0 saturated carbocycles. The lowest BCUT2D eigenvalue weighted by atomic mass is 10.0. The summed E-state index contributed by atoms with van der Waals surface area (Å²) < 4.78 is 57.8. The fourth-order valence-electron chi connectivity index (χ4n) is 3.16. The van der Waals surface area contributed by atoms with Gasteiger partial charge in [0, 0.05) is 28.1 Å². The number of benzene rings is 3. The van der Waals surface area contributed by atoms with Gasteiger partial charge in [-0.05, 0) is 98.9 Å². The first-order valence-corrected chi connectivity index (χ1v) is 12.4. The van der Waals surface area contributed by atoms with Gasteiger partial charge in [-0.15, -0.1) is 13.2 Å². The second-order valence-electron chi connectivity index (χ2n) is 9.40. The van der Waals surface area contributed by atoms with Crippen LogP contribution in [-0.4, -0.2) is 29.8 Å². The van der Waals surface area contributed by atoms with Crippen LogP contribution in [0.25, 0.3) is 0 Å². The zero-order valence-corrected chi connectivity index (χ0v) is 21.7. The lowest BCUT2D eigenvalue weighted by Gasteiger charge is -2.20. The molecule has 38 heavy (non-hydrogen) atoms. The molecule has 3 rings (SSSR count). The van der Waals surface area contributed by atoms with Crippen molar-refractivity contribution in [2.75, 3.05) is 5.32 Å². The van der Waals surface area contributed by atoms with E-state index in [1.54, 1.807) is 12.1 Å². The number of ether oxygens (including phenoxy) is 1. The summed E-state index contributed by atoms with van der Waals surface area (Å²) in [5.41, 5.74) is 1.03. The number of carbonyl (C=O) groups is 2. The normalized spacial score (nSPS) is 12.5. The van der Waals surface area contributed by atoms with E-state index in [2.05, 4.69) is 20.1 Å². The predicted octanol–water partition coefficient (Wildman–Crippen LogP) is 6.10. The highest BCUT2D eigenvalue weighted by Crippen LogP contribution is 2.24. The lowest BCUT2D eigenvalue weighted by Crippen LogP contribution is -2.45. The summed E-state index contributed by atoms with van der Waals surface area (Å²) in [6, 6.07) is 15.8. The van der Waals surface area contributed by atoms with Gasteiger partial charge >= 0.3 is 6.36 Å². The van der Waals surface area contributed by atoms with Gasteiger partial charge in [-0.1, -0.05) is 12.1 Å². The third-order valence-electron chi connectivity index (χ3n) is 4.92. The average Bonchev–Trinajstić information content (AvgIpc) is 2.83. The highest BCUT2D eigenvalue weighted by atomic mass is 32.2. The van der Waals surface area contributed by atoms with Gasteiger partial charge in [0.25, 0.3) is 5.91 Å². The number of rotatable bonds is 9. The summed E-state index contributed by atoms with van der Waals surface area (Å²) in [4.78, 5) is 26.8. The minimum absolute atomic E-state index is 0.0193. The molecular formula is C27H27F4N3O3S. The molecule has 0 radical (unpaired) electrons. The van der Waals surface area contributed by atoms with E-state index in [-0.39, 0.29) is 17.5 Å². The summed E-state index contributed by atoms with van der Waals surface area (Å²) >= 11 is 1.45. The molecule has 3 aromatic carbocycles. The fourth-order valence-corrected chi connectivity index (χ4v) is 3.86. The molecule has 0 bridgehead atoms. The molecule has 0 aliphatic carbocycles. The van der Waals surface area contributed by atoms with Crippen LogP contribution < -0.4 is 20.1 Å². The number of alkyl halides is 3. The predicted molar refractivity (Wildman–Crippen MR) is 138 cm³/mol. The van der Waals surface area contributed by atoms with Crippen LogP contribution >= 0.6 is 11.9 Å². The van der Waals surface area contributed by atoms with Crippen molar-refractivity contribution in [1.82, 2.24) is 10.0 Å². The number of amides is 2. The van der Waals surface area contributed by atoms with E-state index in [9.17, 15) is 27.2 Å². The molecule has 11 heteroatoms. The van der Waals surface area contributed by atoms with Crippen molar-refractivity contribution in [3.8, 4) is 5.75 Å². The molecule has 2 amide bonds. The van der Waals surface area contributed by atoms with Crippen molar-refractivity contribution in [2.24, 2.45) is 0 Å². The number of nitrogens with one attached hydrogen (secondary N) is 3. The van der Waals surface area contributed by atoms with E-state index in [0.717, 1.165) is 29.2 Å². The van der Waals surface area contributed by atoms with E-state index in [1.807, 2.05) is 32.9 Å². The van der Waals surface area contributed by atoms with Crippen LogP contribution in [0, 0.1) is 5.82 Å². The van der Waals surface area contributed by atoms with Gasteiger partial charge in [-0.3, -0.25) is 14.3 Å². The van der Waals surface area contributed by atoms with E-state index < -0.39 is 35.8 Å². The molecule has 202 valence electrons. The fraction of sp³-hybridized carbons (Fsp3) is 0.259. The maximum absolute atomic E-state index is 13.3. The summed E-state index contributed by atoms with van der Waals surface area (Å²) in [6.45, 7) is 6.10. The van der Waals surface area contributed by atoms with E-state index in [4.69, 9.17) is 0 Å². The zero-order valence-electron chi connectivity index (χ0n) is 20.9. The van der Waals surface area contributed by atoms with Crippen LogP contribution in [0.5, 0.6) is 5.75 Å². The van der Waals surface area contributed by atoms with Crippen molar-refractivity contribution >= 4 is 29.4 Å². The van der Waals surface area contributed by atoms with Gasteiger partial charge in [-0.2, -0.15) is 0 Å². The first-order valence-electron chi connectivity index (χ1n) is 11.5. The first-order chi connectivity index (χ1) is 17.8. The first kappa shape index (κ1) is 29.0. The number of carbonyl (C=O) groups excluding carboxylic acids is 2. The van der Waals surface area contributed by atoms with Crippen molar-refractivity contribution in [3.05, 3.63) is 89.7 Å². The van der Waals surface area contributed by atoms with Gasteiger partial charge in [0.2, 0.25) is 5.91 Å². The van der Waals surface area contributed by atoms with Gasteiger partial charge in [0.05, 0.1) is 0 Å². The van der Waals surface area contributed by atoms with Gasteiger partial charge in [0.15, 0.2) is 0 Å². The minimum atomic E-state index is -4.83. The lowest BCUT2D eigenvalue weighted by molar-refractivity contribution is -0.274.